The van der Waals surface area contributed by atoms with E-state index in [1.807, 2.05) is 48.7 Å². The molecular formula is C20H14BrN3O2S. The van der Waals surface area contributed by atoms with Crippen LogP contribution in [0.25, 0.3) is 16.8 Å². The highest BCUT2D eigenvalue weighted by Crippen LogP contribution is 2.36. The highest BCUT2D eigenvalue weighted by atomic mass is 79.9. The molecule has 2 heterocycles. The number of halogens is 1. The molecule has 1 aliphatic heterocycles. The number of hydrogen-bond acceptors (Lipinski definition) is 6. The lowest BCUT2D eigenvalue weighted by molar-refractivity contribution is 0.174. The average Bonchev–Trinajstić information content (AvgIpc) is 3.32. The van der Waals surface area contributed by atoms with Gasteiger partial charge in [0.2, 0.25) is 6.79 Å². The van der Waals surface area contributed by atoms with Crippen molar-refractivity contribution in [1.82, 2.24) is 4.98 Å². The normalized spacial score (nSPS) is 12.7. The molecule has 1 aliphatic rings. The van der Waals surface area contributed by atoms with Gasteiger partial charge in [0.25, 0.3) is 0 Å². The number of ether oxygens (including phenoxy) is 2. The van der Waals surface area contributed by atoms with E-state index >= 15 is 0 Å². The molecule has 3 aromatic rings. The third-order valence-electron chi connectivity index (χ3n) is 4.08. The van der Waals surface area contributed by atoms with Crippen LogP contribution in [0, 0.1) is 18.3 Å². The van der Waals surface area contributed by atoms with Crippen LogP contribution in [-0.4, -0.2) is 11.8 Å². The summed E-state index contributed by atoms with van der Waals surface area (Å²) < 4.78 is 11.8. The van der Waals surface area contributed by atoms with E-state index in [1.54, 1.807) is 6.20 Å². The van der Waals surface area contributed by atoms with Crippen molar-refractivity contribution >= 4 is 38.5 Å². The molecule has 1 N–H and O–H groups in total. The van der Waals surface area contributed by atoms with Crippen molar-refractivity contribution in [2.75, 3.05) is 12.1 Å². The van der Waals surface area contributed by atoms with Gasteiger partial charge in [0.15, 0.2) is 11.5 Å². The monoisotopic (exact) mass is 439 g/mol. The van der Waals surface area contributed by atoms with Gasteiger partial charge in [-0.05, 0) is 48.9 Å². The summed E-state index contributed by atoms with van der Waals surface area (Å²) in [5.74, 6) is 1.45. The molecule has 2 aromatic carbocycles. The Morgan fingerprint density at radius 3 is 2.93 bits per heavy atom. The Balaban J connectivity index is 1.58. The molecule has 0 aliphatic carbocycles. The third kappa shape index (κ3) is 3.68. The highest BCUT2D eigenvalue weighted by Gasteiger charge is 2.16. The number of aryl methyl sites for hydroxylation is 1. The Bertz CT molecular complexity index is 1090. The van der Waals surface area contributed by atoms with E-state index in [0.29, 0.717) is 16.3 Å². The van der Waals surface area contributed by atoms with Gasteiger partial charge in [0, 0.05) is 27.3 Å². The Kier molecular flexibility index (Phi) is 4.84. The summed E-state index contributed by atoms with van der Waals surface area (Å²) in [6.07, 6.45) is 1.69. The molecule has 7 heteroatoms. The number of anilines is 1. The molecule has 0 bridgehead atoms. The predicted molar refractivity (Wildman–Crippen MR) is 110 cm³/mol. The largest absolute Gasteiger partial charge is 0.454 e. The van der Waals surface area contributed by atoms with Gasteiger partial charge in [0.05, 0.1) is 5.69 Å². The highest BCUT2D eigenvalue weighted by molar-refractivity contribution is 9.10. The zero-order valence-corrected chi connectivity index (χ0v) is 16.7. The number of benzene rings is 2. The van der Waals surface area contributed by atoms with Crippen LogP contribution in [0.3, 0.4) is 0 Å². The van der Waals surface area contributed by atoms with Crippen LogP contribution in [-0.2, 0) is 0 Å². The SMILES string of the molecule is Cc1cc(Br)ccc1N/C=C(\C#N)c1nc(-c2ccc3c(c2)OCO3)cs1. The van der Waals surface area contributed by atoms with Gasteiger partial charge >= 0.3 is 0 Å². The minimum absolute atomic E-state index is 0.240. The van der Waals surface area contributed by atoms with Gasteiger partial charge in [-0.25, -0.2) is 4.98 Å². The standard InChI is InChI=1S/C20H14BrN3O2S/c1-12-6-15(21)3-4-16(12)23-9-14(8-22)20-24-17(10-27-20)13-2-5-18-19(7-13)26-11-25-18/h2-7,9-10,23H,11H2,1H3/b14-9+. The van der Waals surface area contributed by atoms with Crippen molar-refractivity contribution in [3.8, 4) is 28.8 Å². The summed E-state index contributed by atoms with van der Waals surface area (Å²) in [5, 5.41) is 15.3. The number of allylic oxidation sites excluding steroid dienone is 1. The lowest BCUT2D eigenvalue weighted by Crippen LogP contribution is -1.93. The zero-order chi connectivity index (χ0) is 18.8. The maximum Gasteiger partial charge on any atom is 0.231 e. The Morgan fingerprint density at radius 2 is 2.11 bits per heavy atom. The molecule has 0 saturated carbocycles. The van der Waals surface area contributed by atoms with Crippen LogP contribution in [0.4, 0.5) is 5.69 Å². The second-order valence-electron chi connectivity index (χ2n) is 5.88. The van der Waals surface area contributed by atoms with Crippen LogP contribution in [0.2, 0.25) is 0 Å². The summed E-state index contributed by atoms with van der Waals surface area (Å²) >= 11 is 4.88. The Morgan fingerprint density at radius 1 is 1.26 bits per heavy atom. The van der Waals surface area contributed by atoms with E-state index in [-0.39, 0.29) is 6.79 Å². The number of nitrogens with one attached hydrogen (secondary N) is 1. The first-order valence-electron chi connectivity index (χ1n) is 8.13. The van der Waals surface area contributed by atoms with Crippen molar-refractivity contribution < 1.29 is 9.47 Å². The first-order valence-corrected chi connectivity index (χ1v) is 9.80. The van der Waals surface area contributed by atoms with Crippen molar-refractivity contribution in [2.24, 2.45) is 0 Å². The fourth-order valence-electron chi connectivity index (χ4n) is 2.67. The molecule has 0 fully saturated rings. The molecule has 0 spiro atoms. The number of fused-ring (bicyclic) bond motifs is 1. The average molecular weight is 440 g/mol. The fourth-order valence-corrected chi connectivity index (χ4v) is 3.94. The second-order valence-corrected chi connectivity index (χ2v) is 7.65. The van der Waals surface area contributed by atoms with Gasteiger partial charge in [0.1, 0.15) is 16.6 Å². The van der Waals surface area contributed by atoms with Crippen LogP contribution in [0.1, 0.15) is 10.6 Å². The maximum absolute atomic E-state index is 9.54. The summed E-state index contributed by atoms with van der Waals surface area (Å²) in [5.41, 5.74) is 4.23. The van der Waals surface area contributed by atoms with Crippen LogP contribution < -0.4 is 14.8 Å². The van der Waals surface area contributed by atoms with Crippen molar-refractivity contribution in [1.29, 1.82) is 5.26 Å². The van der Waals surface area contributed by atoms with Crippen molar-refractivity contribution in [3.63, 3.8) is 0 Å². The molecule has 134 valence electrons. The van der Waals surface area contributed by atoms with E-state index in [9.17, 15) is 5.26 Å². The van der Waals surface area contributed by atoms with E-state index in [0.717, 1.165) is 32.7 Å². The number of aromatic nitrogens is 1. The van der Waals surface area contributed by atoms with Crippen LogP contribution in [0.5, 0.6) is 11.5 Å². The Hall–Kier alpha value is -2.82. The minimum atomic E-state index is 0.240. The summed E-state index contributed by atoms with van der Waals surface area (Å²) in [4.78, 5) is 4.61. The van der Waals surface area contributed by atoms with Crippen LogP contribution in [0.15, 0.2) is 52.5 Å². The molecular weight excluding hydrogens is 426 g/mol. The van der Waals surface area contributed by atoms with E-state index < -0.39 is 0 Å². The molecule has 0 radical (unpaired) electrons. The number of thiazole rings is 1. The van der Waals surface area contributed by atoms with Crippen molar-refractivity contribution in [3.05, 3.63) is 63.0 Å². The lowest BCUT2D eigenvalue weighted by Gasteiger charge is -2.06. The van der Waals surface area contributed by atoms with E-state index in [4.69, 9.17) is 9.47 Å². The van der Waals surface area contributed by atoms with Crippen LogP contribution >= 0.6 is 27.3 Å². The van der Waals surface area contributed by atoms with E-state index in [2.05, 4.69) is 32.3 Å². The summed E-state index contributed by atoms with van der Waals surface area (Å²) in [7, 11) is 0. The molecule has 0 unspecified atom stereocenters. The second kappa shape index (κ2) is 7.43. The number of hydrogen-bond donors (Lipinski definition) is 1. The molecule has 0 saturated heterocycles. The first kappa shape index (κ1) is 17.6. The number of rotatable bonds is 4. The minimum Gasteiger partial charge on any atom is -0.454 e. The number of nitrogens with zero attached hydrogens (tertiary/aromatic N) is 2. The van der Waals surface area contributed by atoms with Crippen molar-refractivity contribution in [2.45, 2.75) is 6.92 Å². The van der Waals surface area contributed by atoms with Gasteiger partial charge in [-0.3, -0.25) is 0 Å². The van der Waals surface area contributed by atoms with Gasteiger partial charge in [-0.15, -0.1) is 11.3 Å². The first-order chi connectivity index (χ1) is 13.1. The van der Waals surface area contributed by atoms with Gasteiger partial charge in [-0.1, -0.05) is 15.9 Å². The fraction of sp³-hybridized carbons (Fsp3) is 0.100. The summed E-state index contributed by atoms with van der Waals surface area (Å²) in [6.45, 7) is 2.25. The molecule has 0 atom stereocenters. The smallest absolute Gasteiger partial charge is 0.231 e. The quantitative estimate of drug-likeness (QED) is 0.536. The zero-order valence-electron chi connectivity index (χ0n) is 14.3. The molecule has 1 aromatic heterocycles. The Labute approximate surface area is 169 Å². The molecule has 27 heavy (non-hydrogen) atoms. The molecule has 5 nitrogen and oxygen atoms in total. The third-order valence-corrected chi connectivity index (χ3v) is 5.45. The van der Waals surface area contributed by atoms with Gasteiger partial charge in [-0.2, -0.15) is 5.26 Å². The predicted octanol–water partition coefficient (Wildman–Crippen LogP) is 5.59. The lowest BCUT2D eigenvalue weighted by atomic mass is 10.1. The van der Waals surface area contributed by atoms with E-state index in [1.165, 1.54) is 11.3 Å². The number of nitriles is 1. The molecule has 4 rings (SSSR count). The van der Waals surface area contributed by atoms with Gasteiger partial charge < -0.3 is 14.8 Å². The molecule has 0 amide bonds. The topological polar surface area (TPSA) is 67.2 Å². The summed E-state index contributed by atoms with van der Waals surface area (Å²) in [6, 6.07) is 13.9. The maximum atomic E-state index is 9.54.